The molecule has 0 heterocycles. The fourth-order valence-electron chi connectivity index (χ4n) is 1.28. The first-order valence-corrected chi connectivity index (χ1v) is 5.14. The average Bonchev–Trinajstić information content (AvgIpc) is 2.07. The highest BCUT2D eigenvalue weighted by Crippen LogP contribution is 2.33. The fraction of sp³-hybridized carbons (Fsp3) is 0.500. The standard InChI is InChI=1S/C12H17ClO/c1-8-5-6-9(7-10(8)13)11(14)12(2,3)4/h5-7,11,14H,1-4H3. The summed E-state index contributed by atoms with van der Waals surface area (Å²) in [4.78, 5) is 0. The number of aliphatic hydroxyl groups is 1. The van der Waals surface area contributed by atoms with Gasteiger partial charge in [-0.15, -0.1) is 0 Å². The van der Waals surface area contributed by atoms with E-state index < -0.39 is 6.10 Å². The van der Waals surface area contributed by atoms with Crippen LogP contribution in [0, 0.1) is 12.3 Å². The van der Waals surface area contributed by atoms with Crippen molar-refractivity contribution in [2.24, 2.45) is 5.41 Å². The van der Waals surface area contributed by atoms with Crippen molar-refractivity contribution in [2.45, 2.75) is 33.8 Å². The molecular weight excluding hydrogens is 196 g/mol. The van der Waals surface area contributed by atoms with Crippen molar-refractivity contribution in [3.63, 3.8) is 0 Å². The van der Waals surface area contributed by atoms with Gasteiger partial charge >= 0.3 is 0 Å². The van der Waals surface area contributed by atoms with Gasteiger partial charge in [-0.05, 0) is 29.5 Å². The minimum absolute atomic E-state index is 0.154. The molecule has 78 valence electrons. The Kier molecular flexibility index (Phi) is 3.23. The van der Waals surface area contributed by atoms with Gasteiger partial charge in [-0.25, -0.2) is 0 Å². The van der Waals surface area contributed by atoms with Gasteiger partial charge in [0.1, 0.15) is 0 Å². The van der Waals surface area contributed by atoms with Crippen molar-refractivity contribution in [1.82, 2.24) is 0 Å². The molecule has 1 unspecified atom stereocenters. The van der Waals surface area contributed by atoms with Crippen LogP contribution in [-0.4, -0.2) is 5.11 Å². The van der Waals surface area contributed by atoms with Crippen molar-refractivity contribution in [3.8, 4) is 0 Å². The third-order valence-electron chi connectivity index (χ3n) is 2.33. The number of hydrogen-bond donors (Lipinski definition) is 1. The van der Waals surface area contributed by atoms with Crippen LogP contribution in [0.2, 0.25) is 5.02 Å². The Bertz CT molecular complexity index is 326. The van der Waals surface area contributed by atoms with E-state index in [1.54, 1.807) is 0 Å². The normalized spacial score (nSPS) is 14.1. The number of aliphatic hydroxyl groups excluding tert-OH is 1. The van der Waals surface area contributed by atoms with Crippen LogP contribution < -0.4 is 0 Å². The lowest BCUT2D eigenvalue weighted by atomic mass is 9.85. The molecule has 1 rings (SSSR count). The van der Waals surface area contributed by atoms with Crippen LogP contribution in [-0.2, 0) is 0 Å². The summed E-state index contributed by atoms with van der Waals surface area (Å²) in [5.74, 6) is 0. The number of aryl methyl sites for hydroxylation is 1. The lowest BCUT2D eigenvalue weighted by Gasteiger charge is -2.26. The van der Waals surface area contributed by atoms with Gasteiger partial charge in [0, 0.05) is 5.02 Å². The summed E-state index contributed by atoms with van der Waals surface area (Å²) in [5, 5.41) is 10.7. The minimum atomic E-state index is -0.472. The van der Waals surface area contributed by atoms with Gasteiger partial charge in [0.15, 0.2) is 0 Å². The molecule has 1 aromatic carbocycles. The summed E-state index contributed by atoms with van der Waals surface area (Å²) in [6.45, 7) is 7.97. The summed E-state index contributed by atoms with van der Waals surface area (Å²) < 4.78 is 0. The molecule has 0 radical (unpaired) electrons. The molecule has 0 aliphatic rings. The maximum atomic E-state index is 10.0. The zero-order valence-corrected chi connectivity index (χ0v) is 9.89. The van der Waals surface area contributed by atoms with Gasteiger partial charge in [0.25, 0.3) is 0 Å². The molecule has 14 heavy (non-hydrogen) atoms. The molecular formula is C12H17ClO. The van der Waals surface area contributed by atoms with Gasteiger partial charge in [0.2, 0.25) is 0 Å². The Morgan fingerprint density at radius 2 is 1.86 bits per heavy atom. The van der Waals surface area contributed by atoms with Gasteiger partial charge in [0.05, 0.1) is 6.10 Å². The highest BCUT2D eigenvalue weighted by molar-refractivity contribution is 6.31. The van der Waals surface area contributed by atoms with Crippen molar-refractivity contribution < 1.29 is 5.11 Å². The van der Waals surface area contributed by atoms with E-state index in [1.807, 2.05) is 45.9 Å². The second kappa shape index (κ2) is 3.92. The quantitative estimate of drug-likeness (QED) is 0.752. The smallest absolute Gasteiger partial charge is 0.0838 e. The zero-order chi connectivity index (χ0) is 10.9. The molecule has 0 aliphatic carbocycles. The van der Waals surface area contributed by atoms with E-state index in [1.165, 1.54) is 0 Å². The maximum Gasteiger partial charge on any atom is 0.0838 e. The molecule has 1 N–H and O–H groups in total. The van der Waals surface area contributed by atoms with Crippen LogP contribution in [0.15, 0.2) is 18.2 Å². The van der Waals surface area contributed by atoms with Crippen molar-refractivity contribution in [1.29, 1.82) is 0 Å². The highest BCUT2D eigenvalue weighted by atomic mass is 35.5. The van der Waals surface area contributed by atoms with Crippen LogP contribution in [0.4, 0.5) is 0 Å². The topological polar surface area (TPSA) is 20.2 Å². The maximum absolute atomic E-state index is 10.0. The van der Waals surface area contributed by atoms with E-state index in [-0.39, 0.29) is 5.41 Å². The van der Waals surface area contributed by atoms with Crippen LogP contribution in [0.25, 0.3) is 0 Å². The highest BCUT2D eigenvalue weighted by Gasteiger charge is 2.23. The Morgan fingerprint density at radius 3 is 2.29 bits per heavy atom. The summed E-state index contributed by atoms with van der Waals surface area (Å²) in [6.07, 6.45) is -0.472. The number of benzene rings is 1. The van der Waals surface area contributed by atoms with Crippen LogP contribution in [0.1, 0.15) is 38.0 Å². The second-order valence-corrected chi connectivity index (χ2v) is 5.18. The Balaban J connectivity index is 3.03. The summed E-state index contributed by atoms with van der Waals surface area (Å²) in [5.41, 5.74) is 1.77. The molecule has 1 aromatic rings. The van der Waals surface area contributed by atoms with Crippen molar-refractivity contribution in [2.75, 3.05) is 0 Å². The lowest BCUT2D eigenvalue weighted by Crippen LogP contribution is -2.17. The molecule has 0 aromatic heterocycles. The molecule has 0 saturated carbocycles. The molecule has 1 nitrogen and oxygen atoms in total. The van der Waals surface area contributed by atoms with Crippen LogP contribution in [0.5, 0.6) is 0 Å². The molecule has 0 spiro atoms. The molecule has 0 amide bonds. The van der Waals surface area contributed by atoms with E-state index in [4.69, 9.17) is 11.6 Å². The molecule has 1 atom stereocenters. The second-order valence-electron chi connectivity index (χ2n) is 4.78. The number of hydrogen-bond acceptors (Lipinski definition) is 1. The first-order chi connectivity index (χ1) is 6.32. The minimum Gasteiger partial charge on any atom is -0.388 e. The first-order valence-electron chi connectivity index (χ1n) is 4.76. The summed E-state index contributed by atoms with van der Waals surface area (Å²) in [6, 6.07) is 5.70. The Labute approximate surface area is 90.7 Å². The van der Waals surface area contributed by atoms with E-state index in [0.717, 1.165) is 11.1 Å². The van der Waals surface area contributed by atoms with Crippen LogP contribution in [0.3, 0.4) is 0 Å². The number of halogens is 1. The third-order valence-corrected chi connectivity index (χ3v) is 2.74. The number of rotatable bonds is 1. The first kappa shape index (κ1) is 11.5. The van der Waals surface area contributed by atoms with E-state index in [9.17, 15) is 5.11 Å². The molecule has 2 heteroatoms. The monoisotopic (exact) mass is 212 g/mol. The molecule has 0 aliphatic heterocycles. The lowest BCUT2D eigenvalue weighted by molar-refractivity contribution is 0.0627. The van der Waals surface area contributed by atoms with Crippen molar-refractivity contribution in [3.05, 3.63) is 34.3 Å². The third kappa shape index (κ3) is 2.49. The molecule has 0 saturated heterocycles. The Hall–Kier alpha value is -0.530. The van der Waals surface area contributed by atoms with Gasteiger partial charge < -0.3 is 5.11 Å². The predicted octanol–water partition coefficient (Wildman–Crippen LogP) is 3.73. The van der Waals surface area contributed by atoms with Gasteiger partial charge in [-0.3, -0.25) is 0 Å². The largest absolute Gasteiger partial charge is 0.388 e. The van der Waals surface area contributed by atoms with E-state index in [2.05, 4.69) is 0 Å². The molecule has 0 fully saturated rings. The van der Waals surface area contributed by atoms with E-state index >= 15 is 0 Å². The van der Waals surface area contributed by atoms with Crippen molar-refractivity contribution >= 4 is 11.6 Å². The SMILES string of the molecule is Cc1ccc(C(O)C(C)(C)C)cc1Cl. The summed E-state index contributed by atoms with van der Waals surface area (Å²) >= 11 is 6.00. The fourth-order valence-corrected chi connectivity index (χ4v) is 1.47. The Morgan fingerprint density at radius 1 is 1.29 bits per heavy atom. The van der Waals surface area contributed by atoms with Gasteiger partial charge in [-0.2, -0.15) is 0 Å². The van der Waals surface area contributed by atoms with Crippen LogP contribution >= 0.6 is 11.6 Å². The van der Waals surface area contributed by atoms with E-state index in [0.29, 0.717) is 5.02 Å². The summed E-state index contributed by atoms with van der Waals surface area (Å²) in [7, 11) is 0. The molecule has 0 bridgehead atoms. The van der Waals surface area contributed by atoms with Gasteiger partial charge in [-0.1, -0.05) is 44.5 Å². The predicted molar refractivity (Wildman–Crippen MR) is 60.6 cm³/mol. The zero-order valence-electron chi connectivity index (χ0n) is 9.13. The average molecular weight is 213 g/mol.